The van der Waals surface area contributed by atoms with Crippen LogP contribution in [0.2, 0.25) is 0 Å². The Labute approximate surface area is 183 Å². The van der Waals surface area contributed by atoms with E-state index in [2.05, 4.69) is 9.88 Å². The van der Waals surface area contributed by atoms with E-state index < -0.39 is 0 Å². The first-order valence-electron chi connectivity index (χ1n) is 11.0. The van der Waals surface area contributed by atoms with E-state index in [1.807, 2.05) is 25.1 Å². The summed E-state index contributed by atoms with van der Waals surface area (Å²) in [5.74, 6) is 1.55. The molecule has 2 aromatic rings. The first kappa shape index (κ1) is 21.4. The number of nitrogens with zero attached hydrogens (tertiary/aromatic N) is 6. The summed E-state index contributed by atoms with van der Waals surface area (Å²) in [6, 6.07) is 5.70. The molecule has 0 aromatic carbocycles. The normalized spacial score (nSPS) is 19.3. The number of likely N-dealkylation sites (tertiary alicyclic amines) is 1. The molecule has 1 saturated heterocycles. The van der Waals surface area contributed by atoms with E-state index in [0.717, 1.165) is 42.8 Å². The van der Waals surface area contributed by atoms with Crippen LogP contribution < -0.4 is 4.90 Å². The average molecular weight is 423 g/mol. The second-order valence-corrected chi connectivity index (χ2v) is 8.54. The maximum Gasteiger partial charge on any atom is 0.236 e. The van der Waals surface area contributed by atoms with Gasteiger partial charge in [0.2, 0.25) is 11.8 Å². The summed E-state index contributed by atoms with van der Waals surface area (Å²) < 4.78 is 0. The molecule has 1 atom stereocenters. The molecule has 0 unspecified atom stereocenters. The van der Waals surface area contributed by atoms with Gasteiger partial charge < -0.3 is 4.90 Å². The van der Waals surface area contributed by atoms with E-state index in [4.69, 9.17) is 9.97 Å². The lowest BCUT2D eigenvalue weighted by Gasteiger charge is -2.36. The monoisotopic (exact) mass is 422 g/mol. The van der Waals surface area contributed by atoms with E-state index in [-0.39, 0.29) is 17.9 Å². The van der Waals surface area contributed by atoms with Crippen molar-refractivity contribution in [3.8, 4) is 0 Å². The molecule has 0 saturated carbocycles. The molecule has 1 fully saturated rings. The Balaban J connectivity index is 1.68. The number of hydrogen-bond acceptors (Lipinski definition) is 6. The minimum atomic E-state index is -0.0182. The van der Waals surface area contributed by atoms with Crippen LogP contribution in [0.3, 0.4) is 0 Å². The van der Waals surface area contributed by atoms with Crippen molar-refractivity contribution >= 4 is 17.6 Å². The number of aromatic nitrogens is 3. The van der Waals surface area contributed by atoms with E-state index in [9.17, 15) is 9.59 Å². The molecule has 31 heavy (non-hydrogen) atoms. The Hall–Kier alpha value is -2.87. The van der Waals surface area contributed by atoms with Gasteiger partial charge in [-0.1, -0.05) is 12.5 Å². The van der Waals surface area contributed by atoms with Crippen LogP contribution >= 0.6 is 0 Å². The molecule has 0 radical (unpaired) electrons. The molecule has 164 valence electrons. The number of carbonyl (C=O) groups excluding carboxylic acids is 2. The molecule has 0 bridgehead atoms. The minimum Gasteiger partial charge on any atom is -0.348 e. The van der Waals surface area contributed by atoms with Gasteiger partial charge in [-0.2, -0.15) is 0 Å². The highest BCUT2D eigenvalue weighted by Crippen LogP contribution is 2.34. The smallest absolute Gasteiger partial charge is 0.236 e. The molecule has 4 rings (SSSR count). The predicted molar refractivity (Wildman–Crippen MR) is 117 cm³/mol. The van der Waals surface area contributed by atoms with Crippen LogP contribution in [0.25, 0.3) is 0 Å². The standard InChI is InChI=1S/C23H30N6O2/c1-16-18-10-11-20(30)29(14-17-8-4-6-12-24-17)23(18)26-22(25-16)19-9-5-7-13-28(19)15-21(31)27(2)3/h4,6,8,12,19H,5,7,9-11,13-15H2,1-3H3/t19-/m1/s1. The third kappa shape index (κ3) is 4.58. The van der Waals surface area contributed by atoms with Gasteiger partial charge >= 0.3 is 0 Å². The highest BCUT2D eigenvalue weighted by Gasteiger charge is 2.33. The first-order chi connectivity index (χ1) is 14.9. The van der Waals surface area contributed by atoms with E-state index >= 15 is 0 Å². The van der Waals surface area contributed by atoms with Crippen molar-refractivity contribution in [2.75, 3.05) is 32.1 Å². The summed E-state index contributed by atoms with van der Waals surface area (Å²) in [6.07, 6.45) is 5.90. The number of hydrogen-bond donors (Lipinski definition) is 0. The van der Waals surface area contributed by atoms with Gasteiger partial charge in [0.15, 0.2) is 0 Å². The van der Waals surface area contributed by atoms with Gasteiger partial charge in [0.1, 0.15) is 11.6 Å². The Morgan fingerprint density at radius 1 is 1.19 bits per heavy atom. The summed E-state index contributed by atoms with van der Waals surface area (Å²) in [5.41, 5.74) is 2.78. The number of piperidine rings is 1. The number of pyridine rings is 1. The number of rotatable bonds is 5. The molecular formula is C23H30N6O2. The second kappa shape index (κ2) is 9.09. The zero-order chi connectivity index (χ0) is 22.0. The van der Waals surface area contributed by atoms with Gasteiger partial charge in [0, 0.05) is 38.0 Å². The molecule has 2 aliphatic rings. The van der Waals surface area contributed by atoms with Gasteiger partial charge in [-0.05, 0) is 44.9 Å². The highest BCUT2D eigenvalue weighted by atomic mass is 16.2. The topological polar surface area (TPSA) is 82.5 Å². The van der Waals surface area contributed by atoms with Gasteiger partial charge in [-0.25, -0.2) is 9.97 Å². The second-order valence-electron chi connectivity index (χ2n) is 8.54. The summed E-state index contributed by atoms with van der Waals surface area (Å²) in [5, 5.41) is 0. The van der Waals surface area contributed by atoms with Crippen LogP contribution in [-0.4, -0.2) is 63.8 Å². The van der Waals surface area contributed by atoms with Crippen LogP contribution in [-0.2, 0) is 22.6 Å². The van der Waals surface area contributed by atoms with Crippen molar-refractivity contribution in [3.05, 3.63) is 47.2 Å². The number of likely N-dealkylation sites (N-methyl/N-ethyl adjacent to an activating group) is 1. The summed E-state index contributed by atoms with van der Waals surface area (Å²) >= 11 is 0. The Kier molecular flexibility index (Phi) is 6.27. The zero-order valence-electron chi connectivity index (χ0n) is 18.5. The van der Waals surface area contributed by atoms with Gasteiger partial charge in [-0.3, -0.25) is 24.4 Å². The van der Waals surface area contributed by atoms with E-state index in [0.29, 0.717) is 37.6 Å². The molecule has 0 aliphatic carbocycles. The fourth-order valence-electron chi connectivity index (χ4n) is 4.36. The van der Waals surface area contributed by atoms with Crippen molar-refractivity contribution < 1.29 is 9.59 Å². The van der Waals surface area contributed by atoms with Crippen molar-refractivity contribution in [2.24, 2.45) is 0 Å². The van der Waals surface area contributed by atoms with Crippen molar-refractivity contribution in [3.63, 3.8) is 0 Å². The third-order valence-electron chi connectivity index (χ3n) is 6.15. The molecule has 2 aliphatic heterocycles. The molecule has 8 nitrogen and oxygen atoms in total. The lowest BCUT2D eigenvalue weighted by molar-refractivity contribution is -0.131. The molecular weight excluding hydrogens is 392 g/mol. The van der Waals surface area contributed by atoms with E-state index in [1.54, 1.807) is 30.1 Å². The van der Waals surface area contributed by atoms with Gasteiger partial charge in [0.05, 0.1) is 24.8 Å². The molecule has 0 spiro atoms. The molecule has 0 N–H and O–H groups in total. The predicted octanol–water partition coefficient (Wildman–Crippen LogP) is 2.27. The summed E-state index contributed by atoms with van der Waals surface area (Å²) in [6.45, 7) is 3.60. The minimum absolute atomic E-state index is 0.0182. The SMILES string of the molecule is Cc1nc([C@H]2CCCCN2CC(=O)N(C)C)nc2c1CCC(=O)N2Cc1ccccn1. The third-order valence-corrected chi connectivity index (χ3v) is 6.15. The Morgan fingerprint density at radius 3 is 2.77 bits per heavy atom. The van der Waals surface area contributed by atoms with Gasteiger partial charge in [-0.15, -0.1) is 0 Å². The number of aryl methyl sites for hydroxylation is 1. The maximum atomic E-state index is 12.8. The highest BCUT2D eigenvalue weighted by molar-refractivity contribution is 5.95. The first-order valence-corrected chi connectivity index (χ1v) is 11.0. The number of anilines is 1. The fourth-order valence-corrected chi connectivity index (χ4v) is 4.36. The van der Waals surface area contributed by atoms with Gasteiger partial charge in [0.25, 0.3) is 0 Å². The number of amides is 2. The Bertz CT molecular complexity index is 962. The van der Waals surface area contributed by atoms with E-state index in [1.165, 1.54) is 0 Å². The van der Waals surface area contributed by atoms with Crippen molar-refractivity contribution in [1.82, 2.24) is 24.8 Å². The maximum absolute atomic E-state index is 12.8. The Morgan fingerprint density at radius 2 is 2.03 bits per heavy atom. The lowest BCUT2D eigenvalue weighted by atomic mass is 9.99. The summed E-state index contributed by atoms with van der Waals surface area (Å²) in [7, 11) is 3.56. The lowest BCUT2D eigenvalue weighted by Crippen LogP contribution is -2.42. The van der Waals surface area contributed by atoms with Crippen LogP contribution in [0.5, 0.6) is 0 Å². The number of fused-ring (bicyclic) bond motifs is 1. The zero-order valence-corrected chi connectivity index (χ0v) is 18.5. The number of carbonyl (C=O) groups is 2. The van der Waals surface area contributed by atoms with Crippen LogP contribution in [0.4, 0.5) is 5.82 Å². The molecule has 4 heterocycles. The van der Waals surface area contributed by atoms with Crippen molar-refractivity contribution in [2.45, 2.75) is 51.6 Å². The molecule has 8 heteroatoms. The molecule has 2 amide bonds. The molecule has 2 aromatic heterocycles. The average Bonchev–Trinajstić information content (AvgIpc) is 2.76. The fraction of sp³-hybridized carbons (Fsp3) is 0.522. The van der Waals surface area contributed by atoms with Crippen LogP contribution in [0.1, 0.15) is 54.5 Å². The largest absolute Gasteiger partial charge is 0.348 e. The summed E-state index contributed by atoms with van der Waals surface area (Å²) in [4.78, 5) is 44.9. The quantitative estimate of drug-likeness (QED) is 0.735. The van der Waals surface area contributed by atoms with Crippen LogP contribution in [0, 0.1) is 6.92 Å². The van der Waals surface area contributed by atoms with Crippen molar-refractivity contribution in [1.29, 1.82) is 0 Å². The van der Waals surface area contributed by atoms with Crippen LogP contribution in [0.15, 0.2) is 24.4 Å².